The molecule has 1 amide bonds. The predicted molar refractivity (Wildman–Crippen MR) is 100 cm³/mol. The molecule has 3 rings (SSSR count). The van der Waals surface area contributed by atoms with Crippen LogP contribution in [0.1, 0.15) is 42.5 Å². The largest absolute Gasteiger partial charge is 0.455 e. The molecule has 0 spiro atoms. The van der Waals surface area contributed by atoms with Crippen molar-refractivity contribution in [3.8, 4) is 0 Å². The van der Waals surface area contributed by atoms with Gasteiger partial charge in [0.1, 0.15) is 5.76 Å². The minimum atomic E-state index is -0.205. The third-order valence-corrected chi connectivity index (χ3v) is 4.90. The molecule has 26 heavy (non-hydrogen) atoms. The molecule has 0 unspecified atom stereocenters. The van der Waals surface area contributed by atoms with Crippen molar-refractivity contribution in [2.24, 2.45) is 5.92 Å². The number of piperidine rings is 1. The maximum atomic E-state index is 12.2. The first-order chi connectivity index (χ1) is 12.6. The quantitative estimate of drug-likeness (QED) is 0.773. The summed E-state index contributed by atoms with van der Waals surface area (Å²) in [5.74, 6) is 1.78. The lowest BCUT2D eigenvalue weighted by atomic mass is 9.99. The molecule has 1 fully saturated rings. The normalized spacial score (nSPS) is 15.9. The van der Waals surface area contributed by atoms with Crippen molar-refractivity contribution >= 4 is 5.91 Å². The van der Waals surface area contributed by atoms with Gasteiger partial charge in [-0.1, -0.05) is 13.0 Å². The zero-order chi connectivity index (χ0) is 18.4. The van der Waals surface area contributed by atoms with Crippen LogP contribution in [0.4, 0.5) is 0 Å². The second-order valence-corrected chi connectivity index (χ2v) is 7.07. The highest BCUT2D eigenvalue weighted by Gasteiger charge is 2.18. The zero-order valence-corrected chi connectivity index (χ0v) is 15.3. The molecule has 140 valence electrons. The van der Waals surface area contributed by atoms with Crippen molar-refractivity contribution in [1.82, 2.24) is 14.8 Å². The summed E-state index contributed by atoms with van der Waals surface area (Å²) >= 11 is 0. The minimum Gasteiger partial charge on any atom is -0.455 e. The molecule has 2 aromatic heterocycles. The lowest BCUT2D eigenvalue weighted by Gasteiger charge is -2.29. The van der Waals surface area contributed by atoms with Crippen LogP contribution in [-0.2, 0) is 13.1 Å². The fourth-order valence-electron chi connectivity index (χ4n) is 3.21. The van der Waals surface area contributed by atoms with Gasteiger partial charge in [0.2, 0.25) is 5.56 Å². The van der Waals surface area contributed by atoms with Gasteiger partial charge in [-0.05, 0) is 56.5 Å². The number of aromatic nitrogens is 1. The van der Waals surface area contributed by atoms with Crippen molar-refractivity contribution in [3.63, 3.8) is 0 Å². The Morgan fingerprint density at radius 2 is 2.04 bits per heavy atom. The number of furan rings is 1. The maximum Gasteiger partial charge on any atom is 0.286 e. The average molecular weight is 357 g/mol. The summed E-state index contributed by atoms with van der Waals surface area (Å²) in [6, 6.07) is 8.70. The number of nitrogens with one attached hydrogen (secondary N) is 1. The summed E-state index contributed by atoms with van der Waals surface area (Å²) in [7, 11) is 0. The Kier molecular flexibility index (Phi) is 6.28. The number of aryl methyl sites for hydroxylation is 1. The van der Waals surface area contributed by atoms with Crippen molar-refractivity contribution < 1.29 is 9.21 Å². The fraction of sp³-hybridized carbons (Fsp3) is 0.500. The molecule has 0 radical (unpaired) electrons. The van der Waals surface area contributed by atoms with Crippen LogP contribution < -0.4 is 10.9 Å². The number of likely N-dealkylation sites (tertiary alicyclic amines) is 1. The molecule has 2 aromatic rings. The summed E-state index contributed by atoms with van der Waals surface area (Å²) < 4.78 is 7.34. The second kappa shape index (κ2) is 8.85. The molecule has 1 saturated heterocycles. The highest BCUT2D eigenvalue weighted by Crippen LogP contribution is 2.19. The molecule has 0 bridgehead atoms. The summed E-state index contributed by atoms with van der Waals surface area (Å²) in [4.78, 5) is 26.2. The van der Waals surface area contributed by atoms with Crippen LogP contribution in [0.5, 0.6) is 0 Å². The summed E-state index contributed by atoms with van der Waals surface area (Å²) in [6.45, 7) is 6.30. The summed E-state index contributed by atoms with van der Waals surface area (Å²) in [6.07, 6.45) is 4.89. The van der Waals surface area contributed by atoms with Crippen molar-refractivity contribution in [1.29, 1.82) is 0 Å². The maximum absolute atomic E-state index is 12.2. The van der Waals surface area contributed by atoms with E-state index in [4.69, 9.17) is 4.42 Å². The third-order valence-electron chi connectivity index (χ3n) is 4.90. The van der Waals surface area contributed by atoms with Crippen molar-refractivity contribution in [2.75, 3.05) is 19.6 Å². The van der Waals surface area contributed by atoms with E-state index in [9.17, 15) is 9.59 Å². The van der Waals surface area contributed by atoms with E-state index in [0.29, 0.717) is 25.3 Å². The number of rotatable bonds is 7. The molecular weight excluding hydrogens is 330 g/mol. The monoisotopic (exact) mass is 357 g/mol. The van der Waals surface area contributed by atoms with Gasteiger partial charge >= 0.3 is 0 Å². The molecular formula is C20H27N3O3. The van der Waals surface area contributed by atoms with Gasteiger partial charge in [0.05, 0.1) is 6.54 Å². The Morgan fingerprint density at radius 3 is 2.81 bits per heavy atom. The van der Waals surface area contributed by atoms with Gasteiger partial charge in [0.15, 0.2) is 5.76 Å². The molecule has 0 aliphatic carbocycles. The number of carbonyl (C=O) groups excluding carboxylic acids is 1. The first-order valence-electron chi connectivity index (χ1n) is 9.36. The van der Waals surface area contributed by atoms with Crippen molar-refractivity contribution in [2.45, 2.75) is 39.3 Å². The van der Waals surface area contributed by atoms with Crippen LogP contribution in [-0.4, -0.2) is 35.0 Å². The van der Waals surface area contributed by atoms with E-state index in [1.807, 2.05) is 12.1 Å². The lowest BCUT2D eigenvalue weighted by molar-refractivity contribution is 0.0919. The first kappa shape index (κ1) is 18.5. The lowest BCUT2D eigenvalue weighted by Crippen LogP contribution is -2.32. The number of carbonyl (C=O) groups is 1. The van der Waals surface area contributed by atoms with Gasteiger partial charge < -0.3 is 14.3 Å². The number of hydrogen-bond donors (Lipinski definition) is 1. The molecule has 1 N–H and O–H groups in total. The Morgan fingerprint density at radius 1 is 1.23 bits per heavy atom. The van der Waals surface area contributed by atoms with Crippen LogP contribution in [0.3, 0.4) is 0 Å². The topological polar surface area (TPSA) is 67.5 Å². The smallest absolute Gasteiger partial charge is 0.286 e. The molecule has 6 heteroatoms. The Labute approximate surface area is 153 Å². The van der Waals surface area contributed by atoms with Gasteiger partial charge in [-0.2, -0.15) is 0 Å². The van der Waals surface area contributed by atoms with E-state index in [0.717, 1.165) is 31.3 Å². The minimum absolute atomic E-state index is 0.0263. The van der Waals surface area contributed by atoms with Crippen molar-refractivity contribution in [3.05, 3.63) is 58.4 Å². The number of hydrogen-bond acceptors (Lipinski definition) is 4. The molecule has 3 heterocycles. The van der Waals surface area contributed by atoms with E-state index in [1.54, 1.807) is 22.9 Å². The predicted octanol–water partition coefficient (Wildman–Crippen LogP) is 2.49. The third kappa shape index (κ3) is 5.08. The van der Waals surface area contributed by atoms with Gasteiger partial charge in [0, 0.05) is 25.4 Å². The van der Waals surface area contributed by atoms with E-state index in [1.165, 1.54) is 18.9 Å². The second-order valence-electron chi connectivity index (χ2n) is 7.07. The first-order valence-corrected chi connectivity index (χ1v) is 9.36. The van der Waals surface area contributed by atoms with Gasteiger partial charge in [-0.25, -0.2) is 0 Å². The zero-order valence-electron chi connectivity index (χ0n) is 15.3. The standard InChI is InChI=1S/C20H27N3O3/c1-16-8-13-22(14-9-16)15-17-6-7-18(26-17)20(25)21-10-4-12-23-11-3-2-5-19(23)24/h2-3,5-7,11,16H,4,8-10,12-15H2,1H3,(H,21,25). The van der Waals surface area contributed by atoms with Gasteiger partial charge in [-0.15, -0.1) is 0 Å². The summed E-state index contributed by atoms with van der Waals surface area (Å²) in [5.41, 5.74) is -0.0263. The highest BCUT2D eigenvalue weighted by molar-refractivity contribution is 5.91. The molecule has 1 aliphatic heterocycles. The Hall–Kier alpha value is -2.34. The van der Waals surface area contributed by atoms with E-state index >= 15 is 0 Å². The number of pyridine rings is 1. The molecule has 1 aliphatic rings. The van der Waals surface area contributed by atoms with Crippen LogP contribution in [0.15, 0.2) is 45.7 Å². The van der Waals surface area contributed by atoms with Crippen LogP contribution in [0, 0.1) is 5.92 Å². The number of nitrogens with zero attached hydrogens (tertiary/aromatic N) is 2. The average Bonchev–Trinajstić information content (AvgIpc) is 3.10. The van der Waals surface area contributed by atoms with E-state index in [2.05, 4.69) is 17.1 Å². The van der Waals surface area contributed by atoms with Crippen LogP contribution >= 0.6 is 0 Å². The number of amides is 1. The fourth-order valence-corrected chi connectivity index (χ4v) is 3.21. The molecule has 0 atom stereocenters. The van der Waals surface area contributed by atoms with Crippen LogP contribution in [0.25, 0.3) is 0 Å². The molecule has 0 saturated carbocycles. The molecule has 0 aromatic carbocycles. The Balaban J connectivity index is 1.41. The van der Waals surface area contributed by atoms with E-state index in [-0.39, 0.29) is 11.5 Å². The van der Waals surface area contributed by atoms with Crippen LogP contribution in [0.2, 0.25) is 0 Å². The van der Waals surface area contributed by atoms with E-state index < -0.39 is 0 Å². The molecule has 6 nitrogen and oxygen atoms in total. The van der Waals surface area contributed by atoms with Gasteiger partial charge in [0.25, 0.3) is 5.91 Å². The summed E-state index contributed by atoms with van der Waals surface area (Å²) in [5, 5.41) is 2.85. The Bertz CT molecular complexity index is 772. The van der Waals surface area contributed by atoms with Gasteiger partial charge in [-0.3, -0.25) is 14.5 Å². The SMILES string of the molecule is CC1CCN(Cc2ccc(C(=O)NCCCn3ccccc3=O)o2)CC1. The highest BCUT2D eigenvalue weighted by atomic mass is 16.4.